The molecule has 1 amide bonds. The summed E-state index contributed by atoms with van der Waals surface area (Å²) in [6, 6.07) is 13.5. The third-order valence-electron chi connectivity index (χ3n) is 5.27. The van der Waals surface area contributed by atoms with Gasteiger partial charge in [0, 0.05) is 42.8 Å². The maximum atomic E-state index is 12.5. The van der Waals surface area contributed by atoms with Gasteiger partial charge in [-0.2, -0.15) is 0 Å². The summed E-state index contributed by atoms with van der Waals surface area (Å²) < 4.78 is 33.0. The SMILES string of the molecule is CC1CN(c2ccc(CNC(=O)c3ccc(S(=O)(=O)NCc4cccs4)cc3)cn2)CCO1. The molecule has 1 unspecified atom stereocenters. The molecule has 0 spiro atoms. The zero-order chi connectivity index (χ0) is 23.3. The maximum Gasteiger partial charge on any atom is 0.251 e. The van der Waals surface area contributed by atoms with Crippen LogP contribution in [0.15, 0.2) is 65.0 Å². The number of sulfonamides is 1. The van der Waals surface area contributed by atoms with E-state index in [9.17, 15) is 13.2 Å². The molecule has 2 N–H and O–H groups in total. The molecule has 1 aliphatic heterocycles. The van der Waals surface area contributed by atoms with Crippen LogP contribution in [-0.2, 0) is 27.8 Å². The van der Waals surface area contributed by atoms with Crippen LogP contribution in [0.5, 0.6) is 0 Å². The number of aromatic nitrogens is 1. The highest BCUT2D eigenvalue weighted by Crippen LogP contribution is 2.16. The normalized spacial score (nSPS) is 16.5. The second-order valence-electron chi connectivity index (χ2n) is 7.76. The summed E-state index contributed by atoms with van der Waals surface area (Å²) in [6.07, 6.45) is 1.93. The van der Waals surface area contributed by atoms with Crippen molar-refractivity contribution in [2.45, 2.75) is 31.0 Å². The molecule has 2 aromatic heterocycles. The van der Waals surface area contributed by atoms with E-state index in [-0.39, 0.29) is 23.5 Å². The first-order valence-corrected chi connectivity index (χ1v) is 13.0. The number of benzene rings is 1. The molecular formula is C23H26N4O4S2. The standard InChI is InChI=1S/C23H26N4O4S2/c1-17-16-27(10-11-31-17)22-9-4-18(13-24-22)14-25-23(28)19-5-7-21(8-6-19)33(29,30)26-15-20-3-2-12-32-20/h2-9,12-13,17,26H,10-11,14-16H2,1H3,(H,25,28). The molecule has 0 bridgehead atoms. The van der Waals surface area contributed by atoms with E-state index in [0.717, 1.165) is 29.3 Å². The van der Waals surface area contributed by atoms with E-state index >= 15 is 0 Å². The van der Waals surface area contributed by atoms with Crippen molar-refractivity contribution in [3.05, 3.63) is 76.1 Å². The lowest BCUT2D eigenvalue weighted by Gasteiger charge is -2.32. The van der Waals surface area contributed by atoms with Crippen molar-refractivity contribution < 1.29 is 17.9 Å². The quantitative estimate of drug-likeness (QED) is 0.508. The van der Waals surface area contributed by atoms with Gasteiger partial charge in [-0.1, -0.05) is 12.1 Å². The summed E-state index contributed by atoms with van der Waals surface area (Å²) in [5, 5.41) is 4.74. The van der Waals surface area contributed by atoms with Crippen LogP contribution >= 0.6 is 11.3 Å². The molecule has 10 heteroatoms. The first-order valence-electron chi connectivity index (χ1n) is 10.6. The molecule has 0 aliphatic carbocycles. The Balaban J connectivity index is 1.30. The molecule has 33 heavy (non-hydrogen) atoms. The number of rotatable bonds is 8. The van der Waals surface area contributed by atoms with E-state index in [1.165, 1.54) is 35.6 Å². The van der Waals surface area contributed by atoms with Gasteiger partial charge in [0.05, 0.1) is 17.6 Å². The van der Waals surface area contributed by atoms with E-state index in [1.807, 2.05) is 36.6 Å². The molecule has 1 atom stereocenters. The summed E-state index contributed by atoms with van der Waals surface area (Å²) in [7, 11) is -3.65. The number of hydrogen-bond donors (Lipinski definition) is 2. The molecule has 174 valence electrons. The Bertz CT molecular complexity index is 1160. The number of anilines is 1. The Morgan fingerprint density at radius 3 is 2.67 bits per heavy atom. The van der Waals surface area contributed by atoms with Crippen molar-refractivity contribution in [2.75, 3.05) is 24.6 Å². The molecular weight excluding hydrogens is 460 g/mol. The molecule has 4 rings (SSSR count). The van der Waals surface area contributed by atoms with Gasteiger partial charge in [-0.25, -0.2) is 18.1 Å². The zero-order valence-corrected chi connectivity index (χ0v) is 19.9. The lowest BCUT2D eigenvalue weighted by Crippen LogP contribution is -2.41. The van der Waals surface area contributed by atoms with Crippen LogP contribution in [0.3, 0.4) is 0 Å². The van der Waals surface area contributed by atoms with Gasteiger partial charge < -0.3 is 15.0 Å². The number of nitrogens with one attached hydrogen (secondary N) is 2. The molecule has 1 aliphatic rings. The minimum Gasteiger partial charge on any atom is -0.375 e. The average molecular weight is 487 g/mol. The van der Waals surface area contributed by atoms with Gasteiger partial charge in [-0.15, -0.1) is 11.3 Å². The topological polar surface area (TPSA) is 101 Å². The van der Waals surface area contributed by atoms with Crippen molar-refractivity contribution in [1.82, 2.24) is 15.0 Å². The number of carbonyl (C=O) groups excluding carboxylic acids is 1. The highest BCUT2D eigenvalue weighted by Gasteiger charge is 2.18. The summed E-state index contributed by atoms with van der Waals surface area (Å²) in [5.74, 6) is 0.612. The summed E-state index contributed by atoms with van der Waals surface area (Å²) >= 11 is 1.48. The summed E-state index contributed by atoms with van der Waals surface area (Å²) in [6.45, 7) is 4.90. The highest BCUT2D eigenvalue weighted by atomic mass is 32.2. The Kier molecular flexibility index (Phi) is 7.39. The number of thiophene rings is 1. The fourth-order valence-electron chi connectivity index (χ4n) is 3.47. The number of ether oxygens (including phenoxy) is 1. The lowest BCUT2D eigenvalue weighted by molar-refractivity contribution is 0.0529. The first-order chi connectivity index (χ1) is 15.9. The van der Waals surface area contributed by atoms with Gasteiger partial charge in [0.25, 0.3) is 5.91 Å². The van der Waals surface area contributed by atoms with Gasteiger partial charge >= 0.3 is 0 Å². The third kappa shape index (κ3) is 6.17. The fraction of sp³-hybridized carbons (Fsp3) is 0.304. The van der Waals surface area contributed by atoms with Gasteiger partial charge in [-0.3, -0.25) is 4.79 Å². The second kappa shape index (κ2) is 10.4. The van der Waals surface area contributed by atoms with Gasteiger partial charge in [0.2, 0.25) is 10.0 Å². The minimum atomic E-state index is -3.65. The maximum absolute atomic E-state index is 12.5. The highest BCUT2D eigenvalue weighted by molar-refractivity contribution is 7.89. The van der Waals surface area contributed by atoms with Crippen LogP contribution < -0.4 is 14.9 Å². The van der Waals surface area contributed by atoms with Gasteiger partial charge in [0.1, 0.15) is 5.82 Å². The van der Waals surface area contributed by atoms with E-state index in [1.54, 1.807) is 6.20 Å². The fourth-order valence-corrected chi connectivity index (χ4v) is 5.21. The first kappa shape index (κ1) is 23.4. The Morgan fingerprint density at radius 2 is 2.00 bits per heavy atom. The number of amides is 1. The smallest absolute Gasteiger partial charge is 0.251 e. The molecule has 3 heterocycles. The van der Waals surface area contributed by atoms with Crippen LogP contribution in [0.1, 0.15) is 27.7 Å². The molecule has 0 radical (unpaired) electrons. The lowest BCUT2D eigenvalue weighted by atomic mass is 10.2. The molecule has 3 aromatic rings. The van der Waals surface area contributed by atoms with E-state index < -0.39 is 10.0 Å². The average Bonchev–Trinajstić information content (AvgIpc) is 3.36. The van der Waals surface area contributed by atoms with E-state index in [0.29, 0.717) is 18.7 Å². The van der Waals surface area contributed by atoms with E-state index in [2.05, 4.69) is 19.9 Å². The number of hydrogen-bond acceptors (Lipinski definition) is 7. The molecule has 0 saturated carbocycles. The van der Waals surface area contributed by atoms with Gasteiger partial charge in [0.15, 0.2) is 0 Å². The largest absolute Gasteiger partial charge is 0.375 e. The molecule has 1 fully saturated rings. The van der Waals surface area contributed by atoms with Crippen LogP contribution in [-0.4, -0.2) is 45.1 Å². The number of carbonyl (C=O) groups is 1. The van der Waals surface area contributed by atoms with Crippen LogP contribution in [0.2, 0.25) is 0 Å². The van der Waals surface area contributed by atoms with Gasteiger partial charge in [-0.05, 0) is 54.3 Å². The number of nitrogens with zero attached hydrogens (tertiary/aromatic N) is 2. The molecule has 1 aromatic carbocycles. The molecule has 1 saturated heterocycles. The third-order valence-corrected chi connectivity index (χ3v) is 7.56. The van der Waals surface area contributed by atoms with Crippen LogP contribution in [0.25, 0.3) is 0 Å². The monoisotopic (exact) mass is 486 g/mol. The Hall–Kier alpha value is -2.79. The molecule has 8 nitrogen and oxygen atoms in total. The Labute approximate surface area is 197 Å². The van der Waals surface area contributed by atoms with Crippen molar-refractivity contribution in [1.29, 1.82) is 0 Å². The van der Waals surface area contributed by atoms with Crippen molar-refractivity contribution in [2.24, 2.45) is 0 Å². The van der Waals surface area contributed by atoms with Crippen LogP contribution in [0.4, 0.5) is 5.82 Å². The Morgan fingerprint density at radius 1 is 1.18 bits per heavy atom. The summed E-state index contributed by atoms with van der Waals surface area (Å²) in [5.41, 5.74) is 1.27. The second-order valence-corrected chi connectivity index (χ2v) is 10.6. The van der Waals surface area contributed by atoms with Crippen LogP contribution in [0, 0.1) is 0 Å². The van der Waals surface area contributed by atoms with Crippen molar-refractivity contribution in [3.63, 3.8) is 0 Å². The minimum absolute atomic E-state index is 0.118. The summed E-state index contributed by atoms with van der Waals surface area (Å²) in [4.78, 5) is 20.2. The van der Waals surface area contributed by atoms with Crippen molar-refractivity contribution >= 4 is 33.1 Å². The zero-order valence-electron chi connectivity index (χ0n) is 18.2. The predicted molar refractivity (Wildman–Crippen MR) is 128 cm³/mol. The predicted octanol–water partition coefficient (Wildman–Crippen LogP) is 2.78. The number of pyridine rings is 1. The number of morpholine rings is 1. The van der Waals surface area contributed by atoms with Crippen molar-refractivity contribution in [3.8, 4) is 0 Å². The van der Waals surface area contributed by atoms with E-state index in [4.69, 9.17) is 4.74 Å².